The molecule has 1 amide bonds. The van der Waals surface area contributed by atoms with Crippen LogP contribution in [0, 0.1) is 0 Å². The monoisotopic (exact) mass is 435 g/mol. The molecule has 2 fully saturated rings. The van der Waals surface area contributed by atoms with Gasteiger partial charge in [-0.05, 0) is 43.5 Å². The minimum Gasteiger partial charge on any atom is -0.379 e. The highest BCUT2D eigenvalue weighted by Crippen LogP contribution is 2.25. The number of ether oxygens (including phenoxy) is 1. The first kappa shape index (κ1) is 20.7. The Kier molecular flexibility index (Phi) is 7.07. The van der Waals surface area contributed by atoms with E-state index in [2.05, 4.69) is 15.1 Å². The van der Waals surface area contributed by atoms with Crippen molar-refractivity contribution >= 4 is 29.3 Å². The van der Waals surface area contributed by atoms with Crippen LogP contribution in [0.1, 0.15) is 25.1 Å². The van der Waals surface area contributed by atoms with Crippen LogP contribution in [0.2, 0.25) is 5.02 Å². The molecule has 2 saturated heterocycles. The van der Waals surface area contributed by atoms with Gasteiger partial charge < -0.3 is 9.64 Å². The zero-order chi connectivity index (χ0) is 20.1. The molecule has 0 radical (unpaired) electrons. The zero-order valence-corrected chi connectivity index (χ0v) is 18.0. The van der Waals surface area contributed by atoms with Gasteiger partial charge in [-0.1, -0.05) is 23.4 Å². The first-order valence-electron chi connectivity index (χ1n) is 10.1. The topological polar surface area (TPSA) is 63.5 Å². The van der Waals surface area contributed by atoms with Gasteiger partial charge in [-0.25, -0.2) is 0 Å². The summed E-state index contributed by atoms with van der Waals surface area (Å²) in [4.78, 5) is 16.9. The van der Waals surface area contributed by atoms with Gasteiger partial charge in [0.2, 0.25) is 5.91 Å². The Morgan fingerprint density at radius 2 is 1.76 bits per heavy atom. The lowest BCUT2D eigenvalue weighted by atomic mass is 10.1. The minimum absolute atomic E-state index is 0.176. The number of aromatic nitrogens is 3. The molecular weight excluding hydrogens is 410 g/mol. The Hall–Kier alpha value is -1.61. The van der Waals surface area contributed by atoms with Gasteiger partial charge in [0.15, 0.2) is 11.0 Å². The van der Waals surface area contributed by atoms with Crippen LogP contribution in [0.4, 0.5) is 0 Å². The Labute approximate surface area is 180 Å². The average molecular weight is 436 g/mol. The quantitative estimate of drug-likeness (QED) is 0.650. The van der Waals surface area contributed by atoms with Gasteiger partial charge in [0.1, 0.15) is 0 Å². The molecular formula is C20H26ClN5O2S. The predicted octanol–water partition coefficient (Wildman–Crippen LogP) is 2.86. The summed E-state index contributed by atoms with van der Waals surface area (Å²) in [6.45, 7) is 5.66. The lowest BCUT2D eigenvalue weighted by molar-refractivity contribution is -0.129. The summed E-state index contributed by atoms with van der Waals surface area (Å²) in [7, 11) is 0. The smallest absolute Gasteiger partial charge is 0.233 e. The van der Waals surface area contributed by atoms with E-state index in [0.717, 1.165) is 68.9 Å². The number of hydrogen-bond donors (Lipinski definition) is 0. The summed E-state index contributed by atoms with van der Waals surface area (Å²) < 4.78 is 7.49. The van der Waals surface area contributed by atoms with Gasteiger partial charge in [0, 0.05) is 36.9 Å². The molecule has 0 bridgehead atoms. The maximum atomic E-state index is 12.6. The van der Waals surface area contributed by atoms with E-state index in [-0.39, 0.29) is 5.91 Å². The molecule has 0 saturated carbocycles. The van der Waals surface area contributed by atoms with Gasteiger partial charge in [-0.3, -0.25) is 14.3 Å². The van der Waals surface area contributed by atoms with Crippen LogP contribution in [0.5, 0.6) is 0 Å². The number of carbonyl (C=O) groups is 1. The molecule has 2 aliphatic rings. The largest absolute Gasteiger partial charge is 0.379 e. The molecule has 2 aromatic rings. The lowest BCUT2D eigenvalue weighted by Crippen LogP contribution is -2.36. The lowest BCUT2D eigenvalue weighted by Gasteiger charge is -2.26. The SMILES string of the molecule is O=C(CSc1nnc(CN2CCOCC2)n1-c1ccc(Cl)cc1)N1CCCCC1. The molecule has 29 heavy (non-hydrogen) atoms. The summed E-state index contributed by atoms with van der Waals surface area (Å²) in [5.41, 5.74) is 0.954. The normalized spacial score (nSPS) is 18.2. The number of morpholine rings is 1. The van der Waals surface area contributed by atoms with Gasteiger partial charge in [-0.15, -0.1) is 10.2 Å². The van der Waals surface area contributed by atoms with E-state index in [9.17, 15) is 4.79 Å². The number of thioether (sulfide) groups is 1. The first-order chi connectivity index (χ1) is 14.2. The summed E-state index contributed by atoms with van der Waals surface area (Å²) in [6.07, 6.45) is 3.41. The number of likely N-dealkylation sites (tertiary alicyclic amines) is 1. The minimum atomic E-state index is 0.176. The highest BCUT2D eigenvalue weighted by atomic mass is 35.5. The summed E-state index contributed by atoms with van der Waals surface area (Å²) >= 11 is 7.53. The van der Waals surface area contributed by atoms with E-state index in [1.807, 2.05) is 33.7 Å². The molecule has 2 aliphatic heterocycles. The molecule has 9 heteroatoms. The first-order valence-corrected chi connectivity index (χ1v) is 11.5. The molecule has 3 heterocycles. The second-order valence-corrected chi connectivity index (χ2v) is 8.71. The van der Waals surface area contributed by atoms with Gasteiger partial charge in [0.25, 0.3) is 0 Å². The number of piperidine rings is 1. The molecule has 0 aliphatic carbocycles. The standard InChI is InChI=1S/C20H26ClN5O2S/c21-16-4-6-17(7-5-16)26-18(14-24-10-12-28-13-11-24)22-23-20(26)29-15-19(27)25-8-2-1-3-9-25/h4-7H,1-3,8-15H2. The Morgan fingerprint density at radius 1 is 1.03 bits per heavy atom. The number of amides is 1. The summed E-state index contributed by atoms with van der Waals surface area (Å²) in [5, 5.41) is 10.3. The molecule has 7 nitrogen and oxygen atoms in total. The maximum Gasteiger partial charge on any atom is 0.233 e. The molecule has 0 N–H and O–H groups in total. The van der Waals surface area contributed by atoms with Crippen LogP contribution in [-0.4, -0.2) is 75.6 Å². The van der Waals surface area contributed by atoms with Crippen molar-refractivity contribution in [2.45, 2.75) is 31.0 Å². The number of carbonyl (C=O) groups excluding carboxylic acids is 1. The van der Waals surface area contributed by atoms with E-state index in [1.54, 1.807) is 0 Å². The molecule has 1 aromatic carbocycles. The van der Waals surface area contributed by atoms with Gasteiger partial charge in [0.05, 0.1) is 25.5 Å². The predicted molar refractivity (Wildman–Crippen MR) is 114 cm³/mol. The van der Waals surface area contributed by atoms with Crippen molar-refractivity contribution in [2.75, 3.05) is 45.1 Å². The number of hydrogen-bond acceptors (Lipinski definition) is 6. The van der Waals surface area contributed by atoms with E-state index in [1.165, 1.54) is 18.2 Å². The van der Waals surface area contributed by atoms with Crippen LogP contribution < -0.4 is 0 Å². The van der Waals surface area contributed by atoms with Crippen LogP contribution in [-0.2, 0) is 16.1 Å². The van der Waals surface area contributed by atoms with Crippen molar-refractivity contribution < 1.29 is 9.53 Å². The Morgan fingerprint density at radius 3 is 2.48 bits per heavy atom. The third-order valence-corrected chi connectivity index (χ3v) is 6.45. The van der Waals surface area contributed by atoms with Crippen LogP contribution in [0.3, 0.4) is 0 Å². The Bertz CT molecular complexity index is 817. The molecule has 1 aromatic heterocycles. The van der Waals surface area contributed by atoms with E-state index >= 15 is 0 Å². The van der Waals surface area contributed by atoms with Crippen LogP contribution >= 0.6 is 23.4 Å². The molecule has 0 atom stereocenters. The summed E-state index contributed by atoms with van der Waals surface area (Å²) in [6, 6.07) is 7.65. The number of rotatable bonds is 6. The van der Waals surface area contributed by atoms with Crippen molar-refractivity contribution in [3.05, 3.63) is 35.1 Å². The number of halogens is 1. The van der Waals surface area contributed by atoms with Crippen LogP contribution in [0.15, 0.2) is 29.4 Å². The second kappa shape index (κ2) is 9.93. The number of benzene rings is 1. The fourth-order valence-electron chi connectivity index (χ4n) is 3.67. The highest BCUT2D eigenvalue weighted by Gasteiger charge is 2.21. The van der Waals surface area contributed by atoms with E-state index < -0.39 is 0 Å². The third kappa shape index (κ3) is 5.31. The second-order valence-electron chi connectivity index (χ2n) is 7.33. The van der Waals surface area contributed by atoms with Gasteiger partial charge >= 0.3 is 0 Å². The highest BCUT2D eigenvalue weighted by molar-refractivity contribution is 7.99. The fourth-order valence-corrected chi connectivity index (χ4v) is 4.67. The van der Waals surface area contributed by atoms with E-state index in [0.29, 0.717) is 17.3 Å². The summed E-state index contributed by atoms with van der Waals surface area (Å²) in [5.74, 6) is 1.42. The zero-order valence-electron chi connectivity index (χ0n) is 16.4. The maximum absolute atomic E-state index is 12.6. The van der Waals surface area contributed by atoms with E-state index in [4.69, 9.17) is 16.3 Å². The van der Waals surface area contributed by atoms with Crippen molar-refractivity contribution in [3.8, 4) is 5.69 Å². The number of nitrogens with zero attached hydrogens (tertiary/aromatic N) is 5. The fraction of sp³-hybridized carbons (Fsp3) is 0.550. The van der Waals surface area contributed by atoms with Gasteiger partial charge in [-0.2, -0.15) is 0 Å². The van der Waals surface area contributed by atoms with Crippen molar-refractivity contribution in [1.29, 1.82) is 0 Å². The van der Waals surface area contributed by atoms with Crippen LogP contribution in [0.25, 0.3) is 5.69 Å². The molecule has 0 spiro atoms. The molecule has 4 rings (SSSR count). The van der Waals surface area contributed by atoms with Crippen molar-refractivity contribution in [3.63, 3.8) is 0 Å². The van der Waals surface area contributed by atoms with Crippen molar-refractivity contribution in [2.24, 2.45) is 0 Å². The third-order valence-electron chi connectivity index (χ3n) is 5.29. The van der Waals surface area contributed by atoms with Crippen molar-refractivity contribution in [1.82, 2.24) is 24.6 Å². The average Bonchev–Trinajstić information content (AvgIpc) is 3.16. The molecule has 156 valence electrons. The Balaban J connectivity index is 1.52. The molecule has 0 unspecified atom stereocenters.